The molecule has 0 saturated carbocycles. The number of hydrogen-bond donors (Lipinski definition) is 2. The van der Waals surface area contributed by atoms with E-state index in [0.717, 1.165) is 38.5 Å². The molecule has 0 aromatic carbocycles. The number of phosphoric ester groups is 1. The zero-order valence-corrected chi connectivity index (χ0v) is 46.1. The van der Waals surface area contributed by atoms with Gasteiger partial charge in [0.1, 0.15) is 13.2 Å². The number of amides is 1. The molecule has 0 spiro atoms. The number of aliphatic hydroxyl groups is 1. The highest BCUT2D eigenvalue weighted by molar-refractivity contribution is 7.45. The van der Waals surface area contributed by atoms with E-state index in [4.69, 9.17) is 9.05 Å². The Hall–Kier alpha value is -0.500. The van der Waals surface area contributed by atoms with Crippen LogP contribution < -0.4 is 10.2 Å². The molecule has 0 fully saturated rings. The van der Waals surface area contributed by atoms with Crippen LogP contribution in [0.25, 0.3) is 0 Å². The van der Waals surface area contributed by atoms with Crippen LogP contribution in [0.5, 0.6) is 0 Å². The van der Waals surface area contributed by atoms with Crippen LogP contribution in [0.3, 0.4) is 0 Å². The van der Waals surface area contributed by atoms with Crippen molar-refractivity contribution in [3.8, 4) is 0 Å². The van der Waals surface area contributed by atoms with Crippen LogP contribution >= 0.6 is 7.82 Å². The fourth-order valence-corrected chi connectivity index (χ4v) is 9.94. The first-order chi connectivity index (χ1) is 32.0. The monoisotopic (exact) mass is 957 g/mol. The number of nitrogens with one attached hydrogen (secondary N) is 1. The lowest BCUT2D eigenvalue weighted by atomic mass is 10.0. The lowest BCUT2D eigenvalue weighted by Gasteiger charge is -2.30. The molecular formula is C57H117N2O6P. The predicted molar refractivity (Wildman–Crippen MR) is 284 cm³/mol. The van der Waals surface area contributed by atoms with E-state index in [1.807, 2.05) is 21.1 Å². The van der Waals surface area contributed by atoms with Gasteiger partial charge >= 0.3 is 0 Å². The molecule has 3 unspecified atom stereocenters. The smallest absolute Gasteiger partial charge is 0.268 e. The Bertz CT molecular complexity index is 1040. The van der Waals surface area contributed by atoms with Gasteiger partial charge in [-0.05, 0) is 12.8 Å². The molecule has 0 bridgehead atoms. The summed E-state index contributed by atoms with van der Waals surface area (Å²) >= 11 is 0. The Kier molecular flexibility index (Phi) is 49.1. The number of likely N-dealkylation sites (N-methyl/N-ethyl adjacent to an activating group) is 1. The topological polar surface area (TPSA) is 108 Å². The highest BCUT2D eigenvalue weighted by Gasteiger charge is 2.24. The van der Waals surface area contributed by atoms with Gasteiger partial charge in [-0.2, -0.15) is 0 Å². The molecule has 0 aliphatic rings. The zero-order valence-electron chi connectivity index (χ0n) is 45.2. The number of quaternary nitrogens is 1. The van der Waals surface area contributed by atoms with Gasteiger partial charge in [-0.15, -0.1) is 0 Å². The molecule has 0 heterocycles. The summed E-state index contributed by atoms with van der Waals surface area (Å²) in [6, 6.07) is -0.795. The van der Waals surface area contributed by atoms with E-state index in [2.05, 4.69) is 19.2 Å². The molecule has 66 heavy (non-hydrogen) atoms. The van der Waals surface area contributed by atoms with Crippen LogP contribution in [-0.4, -0.2) is 68.5 Å². The maximum atomic E-state index is 13.0. The first kappa shape index (κ1) is 65.5. The second-order valence-electron chi connectivity index (χ2n) is 21.7. The third kappa shape index (κ3) is 51.4. The lowest BCUT2D eigenvalue weighted by Crippen LogP contribution is -2.46. The number of aliphatic hydroxyl groups excluding tert-OH is 1. The minimum atomic E-state index is -4.57. The molecular weight excluding hydrogens is 840 g/mol. The van der Waals surface area contributed by atoms with Crippen molar-refractivity contribution < 1.29 is 32.9 Å². The van der Waals surface area contributed by atoms with Crippen molar-refractivity contribution in [1.82, 2.24) is 5.32 Å². The Labute approximate surface area is 412 Å². The van der Waals surface area contributed by atoms with Crippen molar-refractivity contribution in [3.05, 3.63) is 0 Å². The van der Waals surface area contributed by atoms with Crippen LogP contribution in [0.2, 0.25) is 0 Å². The SMILES string of the molecule is CCCCCCCCCCCCCCCCCCCCCCCCCCCC(O)C(COP(=O)([O-])OCC[N+](C)(C)C)NC(=O)CCCCCCCCCCCCCCCCCCCCC. The van der Waals surface area contributed by atoms with Crippen molar-refractivity contribution >= 4 is 13.7 Å². The standard InChI is InChI=1S/C57H117N2O6P/c1-6-8-10-12-14-16-18-20-22-24-26-27-28-29-30-31-33-34-36-38-40-42-44-46-48-50-56(60)55(54-65-66(62,63)64-53-52-59(3,4)5)58-57(61)51-49-47-45-43-41-39-37-35-32-25-23-21-19-17-15-13-11-9-7-2/h55-56,60H,6-54H2,1-5H3,(H-,58,61,62,63). The highest BCUT2D eigenvalue weighted by Crippen LogP contribution is 2.38. The maximum Gasteiger partial charge on any atom is 0.268 e. The second-order valence-corrected chi connectivity index (χ2v) is 23.1. The predicted octanol–water partition coefficient (Wildman–Crippen LogP) is 17.0. The summed E-state index contributed by atoms with van der Waals surface area (Å²) < 4.78 is 23.4. The quantitative estimate of drug-likeness (QED) is 0.0357. The molecule has 0 aromatic heterocycles. The molecule has 0 aliphatic carbocycles. The molecule has 9 heteroatoms. The molecule has 2 N–H and O–H groups in total. The summed E-state index contributed by atoms with van der Waals surface area (Å²) in [5, 5.41) is 14.0. The van der Waals surface area contributed by atoms with Gasteiger partial charge in [0.25, 0.3) is 7.82 Å². The van der Waals surface area contributed by atoms with E-state index in [9.17, 15) is 19.4 Å². The van der Waals surface area contributed by atoms with E-state index < -0.39 is 20.0 Å². The Morgan fingerprint density at radius 3 is 1.03 bits per heavy atom. The number of phosphoric acid groups is 1. The molecule has 396 valence electrons. The number of hydrogen-bond acceptors (Lipinski definition) is 6. The number of nitrogens with zero attached hydrogens (tertiary/aromatic N) is 1. The van der Waals surface area contributed by atoms with E-state index in [0.29, 0.717) is 23.9 Å². The number of carbonyl (C=O) groups excluding carboxylic acids is 1. The van der Waals surface area contributed by atoms with Crippen LogP contribution in [0.1, 0.15) is 309 Å². The minimum absolute atomic E-state index is 0.0167. The molecule has 0 radical (unpaired) electrons. The number of carbonyl (C=O) groups is 1. The van der Waals surface area contributed by atoms with E-state index >= 15 is 0 Å². The lowest BCUT2D eigenvalue weighted by molar-refractivity contribution is -0.870. The van der Waals surface area contributed by atoms with Gasteiger partial charge in [-0.3, -0.25) is 9.36 Å². The summed E-state index contributed by atoms with van der Waals surface area (Å²) in [6.07, 6.45) is 58.5. The Morgan fingerprint density at radius 2 is 0.742 bits per heavy atom. The van der Waals surface area contributed by atoms with Gasteiger partial charge in [0.2, 0.25) is 5.91 Å². The summed E-state index contributed by atoms with van der Waals surface area (Å²) in [6.45, 7) is 4.78. The average molecular weight is 958 g/mol. The molecule has 0 saturated heterocycles. The van der Waals surface area contributed by atoms with Crippen LogP contribution in [0.15, 0.2) is 0 Å². The van der Waals surface area contributed by atoms with Gasteiger partial charge in [0.15, 0.2) is 0 Å². The molecule has 0 aliphatic heterocycles. The first-order valence-corrected chi connectivity index (χ1v) is 30.8. The van der Waals surface area contributed by atoms with E-state index in [1.54, 1.807) is 0 Å². The summed E-state index contributed by atoms with van der Waals surface area (Å²) in [4.78, 5) is 25.5. The largest absolute Gasteiger partial charge is 0.756 e. The molecule has 0 aromatic rings. The second kappa shape index (κ2) is 49.5. The van der Waals surface area contributed by atoms with Crippen molar-refractivity contribution in [3.63, 3.8) is 0 Å². The molecule has 1 amide bonds. The third-order valence-electron chi connectivity index (χ3n) is 13.8. The zero-order chi connectivity index (χ0) is 48.5. The van der Waals surface area contributed by atoms with Crippen LogP contribution in [0, 0.1) is 0 Å². The normalized spacial score (nSPS) is 13.9. The Morgan fingerprint density at radius 1 is 0.470 bits per heavy atom. The highest BCUT2D eigenvalue weighted by atomic mass is 31.2. The van der Waals surface area contributed by atoms with Crippen LogP contribution in [-0.2, 0) is 18.4 Å². The average Bonchev–Trinajstić information content (AvgIpc) is 3.28. The number of unbranched alkanes of at least 4 members (excludes halogenated alkanes) is 42. The maximum absolute atomic E-state index is 13.0. The van der Waals surface area contributed by atoms with Gasteiger partial charge in [0, 0.05) is 6.42 Å². The van der Waals surface area contributed by atoms with Gasteiger partial charge in [-0.1, -0.05) is 290 Å². The van der Waals surface area contributed by atoms with Crippen molar-refractivity contribution in [2.24, 2.45) is 0 Å². The summed E-state index contributed by atoms with van der Waals surface area (Å²) in [7, 11) is 1.33. The number of rotatable bonds is 55. The summed E-state index contributed by atoms with van der Waals surface area (Å²) in [5.41, 5.74) is 0. The molecule has 3 atom stereocenters. The first-order valence-electron chi connectivity index (χ1n) is 29.4. The van der Waals surface area contributed by atoms with Crippen LogP contribution in [0.4, 0.5) is 0 Å². The Balaban J connectivity index is 4.11. The van der Waals surface area contributed by atoms with E-state index in [1.165, 1.54) is 244 Å². The van der Waals surface area contributed by atoms with E-state index in [-0.39, 0.29) is 19.1 Å². The van der Waals surface area contributed by atoms with Crippen molar-refractivity contribution in [2.75, 3.05) is 40.9 Å². The van der Waals surface area contributed by atoms with Gasteiger partial charge in [0.05, 0.1) is 39.9 Å². The van der Waals surface area contributed by atoms with Gasteiger partial charge in [-0.25, -0.2) is 0 Å². The van der Waals surface area contributed by atoms with Gasteiger partial charge < -0.3 is 28.8 Å². The minimum Gasteiger partial charge on any atom is -0.756 e. The van der Waals surface area contributed by atoms with Crippen molar-refractivity contribution in [1.29, 1.82) is 0 Å². The molecule has 8 nitrogen and oxygen atoms in total. The fraction of sp³-hybridized carbons (Fsp3) is 0.982. The fourth-order valence-electron chi connectivity index (χ4n) is 9.22. The molecule has 0 rings (SSSR count). The van der Waals surface area contributed by atoms with Crippen molar-refractivity contribution in [2.45, 2.75) is 321 Å². The third-order valence-corrected chi connectivity index (χ3v) is 14.8. The summed E-state index contributed by atoms with van der Waals surface area (Å²) in [5.74, 6) is -0.156.